The van der Waals surface area contributed by atoms with Gasteiger partial charge < -0.3 is 10.2 Å². The molecule has 1 fully saturated rings. The van der Waals surface area contributed by atoms with Crippen molar-refractivity contribution >= 4 is 0 Å². The third kappa shape index (κ3) is 2.45. The second-order valence-corrected chi connectivity index (χ2v) is 6.16. The van der Waals surface area contributed by atoms with Crippen LogP contribution in [0.25, 0.3) is 0 Å². The number of piperidine rings is 1. The Bertz CT molecular complexity index is 419. The van der Waals surface area contributed by atoms with E-state index in [-0.39, 0.29) is 0 Å². The third-order valence-electron chi connectivity index (χ3n) is 4.50. The van der Waals surface area contributed by atoms with Crippen LogP contribution in [0.3, 0.4) is 0 Å². The zero-order chi connectivity index (χ0) is 12.5. The average molecular weight is 244 g/mol. The molecule has 2 nitrogen and oxygen atoms in total. The van der Waals surface area contributed by atoms with Crippen LogP contribution in [-0.2, 0) is 13.0 Å². The van der Waals surface area contributed by atoms with Crippen molar-refractivity contribution in [3.8, 4) is 0 Å². The lowest BCUT2D eigenvalue weighted by atomic mass is 9.89. The van der Waals surface area contributed by atoms with Gasteiger partial charge in [-0.3, -0.25) is 0 Å². The minimum absolute atomic E-state index is 0.582. The van der Waals surface area contributed by atoms with E-state index in [1.54, 1.807) is 11.1 Å². The number of hydrogen-bond donors (Lipinski definition) is 1. The quantitative estimate of drug-likeness (QED) is 0.817. The maximum atomic E-state index is 3.69. The Morgan fingerprint density at radius 3 is 2.89 bits per heavy atom. The molecule has 2 aliphatic rings. The molecule has 0 radical (unpaired) electrons. The molecule has 1 N–H and O–H groups in total. The second kappa shape index (κ2) is 5.02. The summed E-state index contributed by atoms with van der Waals surface area (Å²) in [6.45, 7) is 5.82. The van der Waals surface area contributed by atoms with Crippen molar-refractivity contribution in [2.24, 2.45) is 5.92 Å². The van der Waals surface area contributed by atoms with Crippen molar-refractivity contribution in [2.75, 3.05) is 20.1 Å². The molecule has 2 heterocycles. The number of hydrogen-bond acceptors (Lipinski definition) is 2. The summed E-state index contributed by atoms with van der Waals surface area (Å²) in [6, 6.07) is 7.73. The minimum atomic E-state index is 0.582. The smallest absolute Gasteiger partial charge is 0.0320 e. The highest BCUT2D eigenvalue weighted by Gasteiger charge is 2.20. The summed E-state index contributed by atoms with van der Waals surface area (Å²) in [6.07, 6.45) is 3.85. The largest absolute Gasteiger partial charge is 0.310 e. The fourth-order valence-corrected chi connectivity index (χ4v) is 3.22. The van der Waals surface area contributed by atoms with Gasteiger partial charge in [0.2, 0.25) is 0 Å². The van der Waals surface area contributed by atoms with Crippen LogP contribution >= 0.6 is 0 Å². The lowest BCUT2D eigenvalue weighted by molar-refractivity contribution is 0.311. The summed E-state index contributed by atoms with van der Waals surface area (Å²) < 4.78 is 0. The Morgan fingerprint density at radius 1 is 1.22 bits per heavy atom. The van der Waals surface area contributed by atoms with E-state index >= 15 is 0 Å². The first kappa shape index (κ1) is 12.2. The van der Waals surface area contributed by atoms with Gasteiger partial charge in [0, 0.05) is 19.1 Å². The average Bonchev–Trinajstić information content (AvgIpc) is 2.38. The van der Waals surface area contributed by atoms with Gasteiger partial charge in [-0.05, 0) is 55.5 Å². The highest BCUT2D eigenvalue weighted by molar-refractivity contribution is 5.35. The van der Waals surface area contributed by atoms with Gasteiger partial charge >= 0.3 is 0 Å². The molecule has 18 heavy (non-hydrogen) atoms. The predicted octanol–water partition coefficient (Wildman–Crippen LogP) is 2.74. The summed E-state index contributed by atoms with van der Waals surface area (Å²) in [5.74, 6) is 0.838. The molecule has 0 amide bonds. The molecule has 1 saturated heterocycles. The Morgan fingerprint density at radius 2 is 2.11 bits per heavy atom. The molecule has 2 atom stereocenters. The van der Waals surface area contributed by atoms with E-state index < -0.39 is 0 Å². The van der Waals surface area contributed by atoms with Crippen molar-refractivity contribution in [1.29, 1.82) is 0 Å². The summed E-state index contributed by atoms with van der Waals surface area (Å²) in [4.78, 5) is 2.42. The van der Waals surface area contributed by atoms with Crippen LogP contribution in [0.4, 0.5) is 0 Å². The topological polar surface area (TPSA) is 15.3 Å². The molecule has 98 valence electrons. The standard InChI is InChI=1S/C16H24N2/c1-12-3-6-16(17-10-12)14-5-4-13-7-8-18(2)11-15(13)9-14/h4-5,9,12,16-17H,3,6-8,10-11H2,1-2H3/t12-,16?/m0/s1. The van der Waals surface area contributed by atoms with E-state index in [2.05, 4.69) is 42.4 Å². The van der Waals surface area contributed by atoms with Crippen LogP contribution in [-0.4, -0.2) is 25.0 Å². The molecule has 0 spiro atoms. The van der Waals surface area contributed by atoms with E-state index in [1.165, 1.54) is 37.9 Å². The van der Waals surface area contributed by atoms with E-state index in [4.69, 9.17) is 0 Å². The van der Waals surface area contributed by atoms with Gasteiger partial charge in [0.25, 0.3) is 0 Å². The summed E-state index contributed by atoms with van der Waals surface area (Å²) in [5.41, 5.74) is 4.60. The van der Waals surface area contributed by atoms with Crippen LogP contribution in [0.5, 0.6) is 0 Å². The molecule has 0 saturated carbocycles. The molecule has 1 aromatic rings. The van der Waals surface area contributed by atoms with Crippen molar-refractivity contribution in [2.45, 2.75) is 38.8 Å². The molecule has 0 aliphatic carbocycles. The first-order chi connectivity index (χ1) is 8.72. The van der Waals surface area contributed by atoms with Crippen molar-refractivity contribution in [3.05, 3.63) is 34.9 Å². The Kier molecular flexibility index (Phi) is 3.40. The van der Waals surface area contributed by atoms with Gasteiger partial charge in [-0.25, -0.2) is 0 Å². The van der Waals surface area contributed by atoms with Crippen molar-refractivity contribution in [3.63, 3.8) is 0 Å². The number of benzene rings is 1. The van der Waals surface area contributed by atoms with E-state index in [9.17, 15) is 0 Å². The SMILES string of the molecule is C[C@H]1CCC(c2ccc3c(c2)CN(C)CC3)NC1. The Hall–Kier alpha value is -0.860. The van der Waals surface area contributed by atoms with E-state index in [0.29, 0.717) is 6.04 Å². The van der Waals surface area contributed by atoms with Crippen LogP contribution < -0.4 is 5.32 Å². The summed E-state index contributed by atoms with van der Waals surface area (Å²) in [7, 11) is 2.22. The zero-order valence-electron chi connectivity index (χ0n) is 11.6. The highest BCUT2D eigenvalue weighted by Crippen LogP contribution is 2.28. The van der Waals surface area contributed by atoms with Crippen LogP contribution in [0, 0.1) is 5.92 Å². The van der Waals surface area contributed by atoms with Crippen LogP contribution in [0.1, 0.15) is 42.5 Å². The second-order valence-electron chi connectivity index (χ2n) is 6.16. The molecule has 2 aliphatic heterocycles. The minimum Gasteiger partial charge on any atom is -0.310 e. The fourth-order valence-electron chi connectivity index (χ4n) is 3.22. The van der Waals surface area contributed by atoms with E-state index in [0.717, 1.165) is 12.5 Å². The Balaban J connectivity index is 1.79. The maximum absolute atomic E-state index is 3.69. The normalized spacial score (nSPS) is 29.0. The number of nitrogens with zero attached hydrogens (tertiary/aromatic N) is 1. The number of likely N-dealkylation sites (N-methyl/N-ethyl adjacent to an activating group) is 1. The molecular formula is C16H24N2. The third-order valence-corrected chi connectivity index (χ3v) is 4.50. The lowest BCUT2D eigenvalue weighted by Crippen LogP contribution is -2.32. The molecular weight excluding hydrogens is 220 g/mol. The summed E-state index contributed by atoms with van der Waals surface area (Å²) >= 11 is 0. The van der Waals surface area contributed by atoms with Gasteiger partial charge in [0.1, 0.15) is 0 Å². The monoisotopic (exact) mass is 244 g/mol. The van der Waals surface area contributed by atoms with Crippen LogP contribution in [0.15, 0.2) is 18.2 Å². The number of fused-ring (bicyclic) bond motifs is 1. The number of nitrogens with one attached hydrogen (secondary N) is 1. The predicted molar refractivity (Wildman–Crippen MR) is 75.6 cm³/mol. The molecule has 0 bridgehead atoms. The molecule has 0 aromatic heterocycles. The van der Waals surface area contributed by atoms with Crippen molar-refractivity contribution < 1.29 is 0 Å². The number of rotatable bonds is 1. The molecule has 1 aromatic carbocycles. The molecule has 2 heteroatoms. The van der Waals surface area contributed by atoms with E-state index in [1.807, 2.05) is 0 Å². The summed E-state index contributed by atoms with van der Waals surface area (Å²) in [5, 5.41) is 3.69. The van der Waals surface area contributed by atoms with Gasteiger partial charge in [0.15, 0.2) is 0 Å². The highest BCUT2D eigenvalue weighted by atomic mass is 15.1. The molecule has 1 unspecified atom stereocenters. The first-order valence-corrected chi connectivity index (χ1v) is 7.26. The van der Waals surface area contributed by atoms with Crippen molar-refractivity contribution in [1.82, 2.24) is 10.2 Å². The van der Waals surface area contributed by atoms with Crippen LogP contribution in [0.2, 0.25) is 0 Å². The first-order valence-electron chi connectivity index (χ1n) is 7.26. The van der Waals surface area contributed by atoms with Gasteiger partial charge in [0.05, 0.1) is 0 Å². The lowest BCUT2D eigenvalue weighted by Gasteiger charge is -2.30. The Labute approximate surface area is 110 Å². The fraction of sp³-hybridized carbons (Fsp3) is 0.625. The van der Waals surface area contributed by atoms with Gasteiger partial charge in [-0.15, -0.1) is 0 Å². The molecule has 3 rings (SSSR count). The maximum Gasteiger partial charge on any atom is 0.0320 e. The zero-order valence-corrected chi connectivity index (χ0v) is 11.6. The van der Waals surface area contributed by atoms with Gasteiger partial charge in [-0.1, -0.05) is 25.1 Å². The van der Waals surface area contributed by atoms with Gasteiger partial charge in [-0.2, -0.15) is 0 Å².